The summed E-state index contributed by atoms with van der Waals surface area (Å²) >= 11 is 0. The monoisotopic (exact) mass is 390 g/mol. The number of carboxylic acids is 1. The van der Waals surface area contributed by atoms with Crippen molar-refractivity contribution in [2.24, 2.45) is 40.4 Å². The molecule has 4 heteroatoms. The van der Waals surface area contributed by atoms with Gasteiger partial charge in [-0.25, -0.2) is 0 Å². The number of carboxylic acid groups (broad SMARTS) is 1. The van der Waals surface area contributed by atoms with Gasteiger partial charge in [-0.1, -0.05) is 32.4 Å². The van der Waals surface area contributed by atoms with Gasteiger partial charge in [0.05, 0.1) is 12.2 Å². The number of rotatable bonds is 4. The van der Waals surface area contributed by atoms with Crippen molar-refractivity contribution in [3.05, 3.63) is 11.6 Å². The summed E-state index contributed by atoms with van der Waals surface area (Å²) in [5.41, 5.74) is 1.66. The van der Waals surface area contributed by atoms with Crippen LogP contribution in [-0.4, -0.2) is 33.5 Å². The topological polar surface area (TPSA) is 77.8 Å². The molecule has 3 fully saturated rings. The lowest BCUT2D eigenvalue weighted by Gasteiger charge is -2.60. The number of carbonyl (C=O) groups is 1. The summed E-state index contributed by atoms with van der Waals surface area (Å²) in [4.78, 5) is 11.0. The molecule has 3 N–H and O–H groups in total. The van der Waals surface area contributed by atoms with Crippen molar-refractivity contribution >= 4 is 5.97 Å². The minimum absolute atomic E-state index is 0.136. The van der Waals surface area contributed by atoms with Gasteiger partial charge in [-0.05, 0) is 91.8 Å². The average Bonchev–Trinajstić information content (AvgIpc) is 2.98. The second-order valence-electron chi connectivity index (χ2n) is 10.9. The van der Waals surface area contributed by atoms with E-state index in [1.807, 2.05) is 6.08 Å². The minimum atomic E-state index is -0.690. The zero-order valence-electron chi connectivity index (χ0n) is 17.7. The Morgan fingerprint density at radius 3 is 2.61 bits per heavy atom. The molecule has 0 aromatic heterocycles. The first-order valence-electron chi connectivity index (χ1n) is 11.5. The van der Waals surface area contributed by atoms with Gasteiger partial charge in [-0.2, -0.15) is 0 Å². The molecule has 4 nitrogen and oxygen atoms in total. The molecule has 9 unspecified atom stereocenters. The Morgan fingerprint density at radius 1 is 1.14 bits per heavy atom. The summed E-state index contributed by atoms with van der Waals surface area (Å²) in [6.07, 6.45) is 9.74. The smallest absolute Gasteiger partial charge is 0.303 e. The normalized spacial score (nSPS) is 48.8. The van der Waals surface area contributed by atoms with E-state index in [1.54, 1.807) is 0 Å². The summed E-state index contributed by atoms with van der Waals surface area (Å²) in [7, 11) is 0. The second-order valence-corrected chi connectivity index (χ2v) is 10.9. The van der Waals surface area contributed by atoms with Crippen molar-refractivity contribution in [3.63, 3.8) is 0 Å². The zero-order valence-corrected chi connectivity index (χ0v) is 17.7. The van der Waals surface area contributed by atoms with Crippen LogP contribution in [0, 0.1) is 40.4 Å². The molecule has 4 aliphatic carbocycles. The number of aliphatic hydroxyl groups is 2. The molecule has 3 saturated carbocycles. The van der Waals surface area contributed by atoms with Crippen molar-refractivity contribution in [1.29, 1.82) is 0 Å². The summed E-state index contributed by atoms with van der Waals surface area (Å²) in [6.45, 7) is 7.07. The Bertz CT molecular complexity index is 657. The first kappa shape index (κ1) is 20.4. The SMILES string of the molecule is CC(CCC(=O)O)C1CCC2C3C(O)CC4=CC(O)CCC4(C)C3CCC12C. The number of hydrogen-bond acceptors (Lipinski definition) is 3. The molecule has 9 atom stereocenters. The second kappa shape index (κ2) is 7.12. The van der Waals surface area contributed by atoms with Gasteiger partial charge in [0.1, 0.15) is 0 Å². The van der Waals surface area contributed by atoms with Gasteiger partial charge < -0.3 is 15.3 Å². The largest absolute Gasteiger partial charge is 0.481 e. The lowest BCUT2D eigenvalue weighted by molar-refractivity contribution is -0.137. The third-order valence-corrected chi connectivity index (χ3v) is 9.68. The minimum Gasteiger partial charge on any atom is -0.481 e. The van der Waals surface area contributed by atoms with Gasteiger partial charge in [0.2, 0.25) is 0 Å². The molecule has 0 aliphatic heterocycles. The van der Waals surface area contributed by atoms with Crippen LogP contribution in [0.2, 0.25) is 0 Å². The molecule has 28 heavy (non-hydrogen) atoms. The Kier molecular flexibility index (Phi) is 5.19. The summed E-state index contributed by atoms with van der Waals surface area (Å²) in [6, 6.07) is 0. The van der Waals surface area contributed by atoms with E-state index in [0.29, 0.717) is 29.6 Å². The lowest BCUT2D eigenvalue weighted by Crippen LogP contribution is -2.55. The van der Waals surface area contributed by atoms with Gasteiger partial charge in [-0.3, -0.25) is 4.79 Å². The van der Waals surface area contributed by atoms with Crippen molar-refractivity contribution in [2.45, 2.75) is 90.8 Å². The molecule has 0 amide bonds. The molecular formula is C24H38O4. The Balaban J connectivity index is 1.58. The Hall–Kier alpha value is -0.870. The highest BCUT2D eigenvalue weighted by Gasteiger charge is 2.61. The molecule has 0 radical (unpaired) electrons. The van der Waals surface area contributed by atoms with E-state index in [2.05, 4.69) is 20.8 Å². The van der Waals surface area contributed by atoms with Crippen LogP contribution in [0.5, 0.6) is 0 Å². The van der Waals surface area contributed by atoms with Gasteiger partial charge >= 0.3 is 5.97 Å². The van der Waals surface area contributed by atoms with Gasteiger partial charge in [-0.15, -0.1) is 0 Å². The molecular weight excluding hydrogens is 352 g/mol. The lowest BCUT2D eigenvalue weighted by atomic mass is 9.45. The molecule has 0 aromatic rings. The fraction of sp³-hybridized carbons (Fsp3) is 0.875. The molecule has 0 spiro atoms. The highest BCUT2D eigenvalue weighted by atomic mass is 16.4. The number of fused-ring (bicyclic) bond motifs is 5. The van der Waals surface area contributed by atoms with E-state index < -0.39 is 5.97 Å². The molecule has 0 bridgehead atoms. The van der Waals surface area contributed by atoms with Crippen LogP contribution in [-0.2, 0) is 4.79 Å². The molecule has 4 rings (SSSR count). The van der Waals surface area contributed by atoms with Crippen LogP contribution in [0.25, 0.3) is 0 Å². The number of hydrogen-bond donors (Lipinski definition) is 3. The van der Waals surface area contributed by atoms with Crippen LogP contribution in [0.3, 0.4) is 0 Å². The molecule has 0 heterocycles. The van der Waals surface area contributed by atoms with Crippen LogP contribution in [0.4, 0.5) is 0 Å². The fourth-order valence-electron chi connectivity index (χ4n) is 8.20. The molecule has 0 saturated heterocycles. The van der Waals surface area contributed by atoms with Crippen LogP contribution in [0.15, 0.2) is 11.6 Å². The Labute approximate surface area is 169 Å². The van der Waals surface area contributed by atoms with Crippen LogP contribution in [0.1, 0.15) is 78.6 Å². The molecule has 4 aliphatic rings. The number of aliphatic carboxylic acids is 1. The van der Waals surface area contributed by atoms with E-state index in [1.165, 1.54) is 24.8 Å². The third kappa shape index (κ3) is 3.06. The van der Waals surface area contributed by atoms with E-state index >= 15 is 0 Å². The standard InChI is InChI=1S/C24H38O4/c1-14(4-7-21(27)28)17-5-6-18-22-19(9-11-24(17,18)3)23(2)10-8-16(25)12-15(23)13-20(22)26/h12,14,16-20,22,25-26H,4-11,13H2,1-3H3,(H,27,28). The predicted octanol–water partition coefficient (Wildman–Crippen LogP) is 4.40. The zero-order chi connectivity index (χ0) is 20.3. The fourth-order valence-corrected chi connectivity index (χ4v) is 8.20. The van der Waals surface area contributed by atoms with Crippen LogP contribution >= 0.6 is 0 Å². The van der Waals surface area contributed by atoms with Crippen LogP contribution < -0.4 is 0 Å². The quantitative estimate of drug-likeness (QED) is 0.622. The summed E-state index contributed by atoms with van der Waals surface area (Å²) < 4.78 is 0. The average molecular weight is 391 g/mol. The van der Waals surface area contributed by atoms with Crippen molar-refractivity contribution < 1.29 is 20.1 Å². The van der Waals surface area contributed by atoms with Crippen molar-refractivity contribution in [3.8, 4) is 0 Å². The van der Waals surface area contributed by atoms with Gasteiger partial charge in [0, 0.05) is 6.42 Å². The maximum absolute atomic E-state index is 11.2. The van der Waals surface area contributed by atoms with Crippen molar-refractivity contribution in [2.75, 3.05) is 0 Å². The highest BCUT2D eigenvalue weighted by molar-refractivity contribution is 5.66. The first-order chi connectivity index (χ1) is 13.2. The predicted molar refractivity (Wildman–Crippen MR) is 109 cm³/mol. The van der Waals surface area contributed by atoms with Crippen molar-refractivity contribution in [1.82, 2.24) is 0 Å². The highest BCUT2D eigenvalue weighted by Crippen LogP contribution is 2.67. The van der Waals surface area contributed by atoms with E-state index in [4.69, 9.17) is 5.11 Å². The number of aliphatic hydroxyl groups excluding tert-OH is 2. The van der Waals surface area contributed by atoms with Gasteiger partial charge in [0.25, 0.3) is 0 Å². The maximum atomic E-state index is 11.2. The summed E-state index contributed by atoms with van der Waals surface area (Å²) in [5, 5.41) is 30.4. The molecule has 0 aromatic carbocycles. The third-order valence-electron chi connectivity index (χ3n) is 9.68. The van der Waals surface area contributed by atoms with E-state index in [0.717, 1.165) is 32.1 Å². The van der Waals surface area contributed by atoms with E-state index in [-0.39, 0.29) is 29.5 Å². The Morgan fingerprint density at radius 2 is 1.89 bits per heavy atom. The maximum Gasteiger partial charge on any atom is 0.303 e. The summed E-state index contributed by atoms with van der Waals surface area (Å²) in [5.74, 6) is 1.73. The van der Waals surface area contributed by atoms with E-state index in [9.17, 15) is 15.0 Å². The van der Waals surface area contributed by atoms with Gasteiger partial charge in [0.15, 0.2) is 0 Å². The first-order valence-corrected chi connectivity index (χ1v) is 11.5. The molecule has 158 valence electrons.